The summed E-state index contributed by atoms with van der Waals surface area (Å²) in [5.74, 6) is 0. The van der Waals surface area contributed by atoms with Crippen molar-refractivity contribution in [2.45, 2.75) is 58.3 Å². The molecule has 0 saturated carbocycles. The van der Waals surface area contributed by atoms with Crippen molar-refractivity contribution in [2.24, 2.45) is 5.73 Å². The van der Waals surface area contributed by atoms with Crippen LogP contribution in [0.4, 0.5) is 0 Å². The Morgan fingerprint density at radius 2 is 2.29 bits per heavy atom. The fourth-order valence-corrected chi connectivity index (χ4v) is 2.84. The molecule has 1 aromatic rings. The molecule has 3 nitrogen and oxygen atoms in total. The molecule has 2 N–H and O–H groups in total. The van der Waals surface area contributed by atoms with Crippen molar-refractivity contribution in [3.8, 4) is 0 Å². The minimum atomic E-state index is 0.537. The van der Waals surface area contributed by atoms with Gasteiger partial charge < -0.3 is 5.73 Å². The lowest BCUT2D eigenvalue weighted by Gasteiger charge is -2.28. The van der Waals surface area contributed by atoms with Gasteiger partial charge in [0.2, 0.25) is 0 Å². The molecule has 2 atom stereocenters. The zero-order valence-corrected chi connectivity index (χ0v) is 10.9. The minimum absolute atomic E-state index is 0.537. The quantitative estimate of drug-likeness (QED) is 0.867. The molecule has 1 saturated heterocycles. The van der Waals surface area contributed by atoms with Crippen LogP contribution in [0.2, 0.25) is 0 Å². The lowest BCUT2D eigenvalue weighted by Crippen LogP contribution is -2.34. The van der Waals surface area contributed by atoms with Gasteiger partial charge in [0.1, 0.15) is 0 Å². The molecule has 0 radical (unpaired) electrons. The van der Waals surface area contributed by atoms with Crippen LogP contribution in [0.15, 0.2) is 18.3 Å². The second kappa shape index (κ2) is 5.61. The summed E-state index contributed by atoms with van der Waals surface area (Å²) in [5.41, 5.74) is 8.08. The fraction of sp³-hybridized carbons (Fsp3) is 0.643. The largest absolute Gasteiger partial charge is 0.325 e. The highest BCUT2D eigenvalue weighted by atomic mass is 15.2. The number of nitrogens with two attached hydrogens (primary N) is 1. The molecule has 1 fully saturated rings. The van der Waals surface area contributed by atoms with Gasteiger partial charge in [0.15, 0.2) is 0 Å². The molecule has 3 heteroatoms. The predicted octanol–water partition coefficient (Wildman–Crippen LogP) is 2.30. The minimum Gasteiger partial charge on any atom is -0.325 e. The van der Waals surface area contributed by atoms with Crippen molar-refractivity contribution in [1.82, 2.24) is 9.88 Å². The highest BCUT2D eigenvalue weighted by Gasteiger charge is 2.29. The molecule has 17 heavy (non-hydrogen) atoms. The average molecular weight is 233 g/mol. The van der Waals surface area contributed by atoms with Crippen LogP contribution >= 0.6 is 0 Å². The van der Waals surface area contributed by atoms with Gasteiger partial charge in [0.25, 0.3) is 0 Å². The third kappa shape index (κ3) is 2.67. The molecule has 1 aromatic heterocycles. The highest BCUT2D eigenvalue weighted by Crippen LogP contribution is 2.28. The summed E-state index contributed by atoms with van der Waals surface area (Å²) >= 11 is 0. The van der Waals surface area contributed by atoms with E-state index in [1.807, 2.05) is 12.3 Å². The number of hydrogen-bond acceptors (Lipinski definition) is 3. The van der Waals surface area contributed by atoms with Gasteiger partial charge in [-0.05, 0) is 37.8 Å². The Morgan fingerprint density at radius 3 is 3.00 bits per heavy atom. The first-order valence-corrected chi connectivity index (χ1v) is 6.64. The fourth-order valence-electron chi connectivity index (χ4n) is 2.84. The maximum Gasteiger partial charge on any atom is 0.0584 e. The molecule has 0 aromatic carbocycles. The summed E-state index contributed by atoms with van der Waals surface area (Å²) in [7, 11) is 0. The smallest absolute Gasteiger partial charge is 0.0584 e. The van der Waals surface area contributed by atoms with Crippen molar-refractivity contribution >= 4 is 0 Å². The molecule has 0 spiro atoms. The summed E-state index contributed by atoms with van der Waals surface area (Å²) in [6.45, 7) is 6.15. The normalized spacial score (nSPS) is 25.4. The lowest BCUT2D eigenvalue weighted by molar-refractivity contribution is 0.189. The van der Waals surface area contributed by atoms with Gasteiger partial charge in [0.05, 0.1) is 5.69 Å². The van der Waals surface area contributed by atoms with Crippen LogP contribution in [0.3, 0.4) is 0 Å². The van der Waals surface area contributed by atoms with Gasteiger partial charge >= 0.3 is 0 Å². The second-order valence-electron chi connectivity index (χ2n) is 4.97. The first-order valence-electron chi connectivity index (χ1n) is 6.64. The van der Waals surface area contributed by atoms with Gasteiger partial charge in [-0.3, -0.25) is 9.88 Å². The van der Waals surface area contributed by atoms with E-state index >= 15 is 0 Å². The van der Waals surface area contributed by atoms with Crippen LogP contribution in [-0.2, 0) is 13.1 Å². The monoisotopic (exact) mass is 233 g/mol. The van der Waals surface area contributed by atoms with Crippen molar-refractivity contribution in [3.63, 3.8) is 0 Å². The molecule has 0 bridgehead atoms. The van der Waals surface area contributed by atoms with E-state index in [-0.39, 0.29) is 0 Å². The van der Waals surface area contributed by atoms with Gasteiger partial charge in [-0.25, -0.2) is 0 Å². The first kappa shape index (κ1) is 12.5. The Hall–Kier alpha value is -0.930. The summed E-state index contributed by atoms with van der Waals surface area (Å²) in [4.78, 5) is 6.97. The molecule has 1 aliphatic heterocycles. The van der Waals surface area contributed by atoms with Gasteiger partial charge in [-0.1, -0.05) is 13.0 Å². The Morgan fingerprint density at radius 1 is 1.47 bits per heavy atom. The Kier molecular flexibility index (Phi) is 4.13. The third-order valence-corrected chi connectivity index (χ3v) is 3.95. The van der Waals surface area contributed by atoms with Crippen LogP contribution < -0.4 is 5.73 Å². The molecular formula is C14H23N3. The van der Waals surface area contributed by atoms with E-state index in [4.69, 9.17) is 5.73 Å². The number of rotatable bonds is 4. The highest BCUT2D eigenvalue weighted by molar-refractivity contribution is 5.20. The van der Waals surface area contributed by atoms with Crippen LogP contribution in [-0.4, -0.2) is 22.0 Å². The number of hydrogen-bond donors (Lipinski definition) is 1. The molecule has 2 rings (SSSR count). The van der Waals surface area contributed by atoms with Gasteiger partial charge in [0, 0.05) is 31.4 Å². The van der Waals surface area contributed by atoms with Crippen LogP contribution in [0.1, 0.15) is 44.4 Å². The third-order valence-electron chi connectivity index (χ3n) is 3.95. The molecule has 2 unspecified atom stereocenters. The van der Waals surface area contributed by atoms with Crippen LogP contribution in [0.25, 0.3) is 0 Å². The molecule has 0 amide bonds. The Balaban J connectivity index is 2.13. The van der Waals surface area contributed by atoms with E-state index in [2.05, 4.69) is 29.8 Å². The summed E-state index contributed by atoms with van der Waals surface area (Å²) < 4.78 is 0. The summed E-state index contributed by atoms with van der Waals surface area (Å²) in [6.07, 6.45) is 5.71. The van der Waals surface area contributed by atoms with Crippen LogP contribution in [0.5, 0.6) is 0 Å². The van der Waals surface area contributed by atoms with E-state index in [1.165, 1.54) is 24.8 Å². The SMILES string of the molecule is CCC1CCC(C)N1Cc1cccnc1CN. The molecule has 2 heterocycles. The van der Waals surface area contributed by atoms with Gasteiger partial charge in [-0.2, -0.15) is 0 Å². The maximum absolute atomic E-state index is 5.75. The van der Waals surface area contributed by atoms with Crippen molar-refractivity contribution in [3.05, 3.63) is 29.6 Å². The summed E-state index contributed by atoms with van der Waals surface area (Å²) in [6, 6.07) is 5.59. The van der Waals surface area contributed by atoms with Crippen LogP contribution in [0, 0.1) is 0 Å². The zero-order valence-electron chi connectivity index (χ0n) is 10.9. The number of pyridine rings is 1. The van der Waals surface area contributed by atoms with Crippen molar-refractivity contribution in [1.29, 1.82) is 0 Å². The van der Waals surface area contributed by atoms with E-state index in [0.717, 1.165) is 18.3 Å². The molecule has 94 valence electrons. The zero-order chi connectivity index (χ0) is 12.3. The van der Waals surface area contributed by atoms with E-state index in [9.17, 15) is 0 Å². The molecule has 0 aliphatic carbocycles. The Bertz CT molecular complexity index is 364. The van der Waals surface area contributed by atoms with Crippen molar-refractivity contribution in [2.75, 3.05) is 0 Å². The number of nitrogens with zero attached hydrogens (tertiary/aromatic N) is 2. The van der Waals surface area contributed by atoms with Gasteiger partial charge in [-0.15, -0.1) is 0 Å². The first-order chi connectivity index (χ1) is 8.26. The van der Waals surface area contributed by atoms with E-state index in [0.29, 0.717) is 12.6 Å². The maximum atomic E-state index is 5.75. The van der Waals surface area contributed by atoms with E-state index in [1.54, 1.807) is 0 Å². The van der Waals surface area contributed by atoms with E-state index < -0.39 is 0 Å². The molecule has 1 aliphatic rings. The van der Waals surface area contributed by atoms with Crippen molar-refractivity contribution < 1.29 is 0 Å². The molecular weight excluding hydrogens is 210 g/mol. The standard InChI is InChI=1S/C14H23N3/c1-3-13-7-6-11(2)17(13)10-12-5-4-8-16-14(12)9-15/h4-5,8,11,13H,3,6-7,9-10,15H2,1-2H3. The average Bonchev–Trinajstić information content (AvgIpc) is 2.71. The number of aromatic nitrogens is 1. The lowest BCUT2D eigenvalue weighted by atomic mass is 10.1. The predicted molar refractivity (Wildman–Crippen MR) is 70.4 cm³/mol. The topological polar surface area (TPSA) is 42.2 Å². The summed E-state index contributed by atoms with van der Waals surface area (Å²) in [5, 5.41) is 0. The number of likely N-dealkylation sites (tertiary alicyclic amines) is 1. The second-order valence-corrected chi connectivity index (χ2v) is 4.97. The Labute approximate surface area is 104 Å².